The molecule has 2 aliphatic heterocycles. The van der Waals surface area contributed by atoms with Gasteiger partial charge in [0.15, 0.2) is 0 Å². The molecule has 2 fully saturated rings. The zero-order valence-corrected chi connectivity index (χ0v) is 16.5. The Hall–Kier alpha value is -1.22. The van der Waals surface area contributed by atoms with Crippen LogP contribution >= 0.6 is 0 Å². The molecule has 2 saturated heterocycles. The Bertz CT molecular complexity index is 580. The Kier molecular flexibility index (Phi) is 5.86. The predicted molar refractivity (Wildman–Crippen MR) is 105 cm³/mol. The first-order valence-corrected chi connectivity index (χ1v) is 9.66. The molecule has 7 nitrogen and oxygen atoms in total. The van der Waals surface area contributed by atoms with E-state index >= 15 is 0 Å². The van der Waals surface area contributed by atoms with Crippen LogP contribution in [0.2, 0.25) is 0 Å². The maximum atomic E-state index is 6.07. The molecule has 0 aromatic carbocycles. The lowest BCUT2D eigenvalue weighted by atomic mass is 9.81. The lowest BCUT2D eigenvalue weighted by Gasteiger charge is -2.33. The van der Waals surface area contributed by atoms with Crippen LogP contribution in [0, 0.1) is 5.92 Å². The van der Waals surface area contributed by atoms with Gasteiger partial charge in [-0.2, -0.15) is 0 Å². The van der Waals surface area contributed by atoms with E-state index in [2.05, 4.69) is 47.9 Å². The van der Waals surface area contributed by atoms with Gasteiger partial charge in [0.1, 0.15) is 0 Å². The summed E-state index contributed by atoms with van der Waals surface area (Å²) in [6, 6.07) is 0. The Morgan fingerprint density at radius 2 is 1.88 bits per heavy atom. The second-order valence-electron chi connectivity index (χ2n) is 8.35. The number of rotatable bonds is 6. The van der Waals surface area contributed by atoms with Crippen molar-refractivity contribution in [2.24, 2.45) is 11.7 Å². The van der Waals surface area contributed by atoms with E-state index < -0.39 is 7.12 Å². The highest BCUT2D eigenvalue weighted by Gasteiger charge is 2.52. The molecular formula is C18H32BN5O2. The fourth-order valence-corrected chi connectivity index (χ4v) is 3.42. The quantitative estimate of drug-likeness (QED) is 0.565. The van der Waals surface area contributed by atoms with Crippen molar-refractivity contribution in [3.8, 4) is 0 Å². The summed E-state index contributed by atoms with van der Waals surface area (Å²) in [5.74, 6) is 1.40. The first kappa shape index (κ1) is 19.5. The standard InChI is InChI=1S/C18H32BN5O2/c1-17(2)18(3,4)26-19(25-17)15-11-22-16(23-12-15)24-9-5-6-14(13-24)10-21-8-7-20/h11-12,14,21H,5-10,13,20H2,1-4H3. The molecular weight excluding hydrogens is 329 g/mol. The number of anilines is 1. The number of hydrogen-bond donors (Lipinski definition) is 2. The van der Waals surface area contributed by atoms with Gasteiger partial charge in [-0.3, -0.25) is 0 Å². The summed E-state index contributed by atoms with van der Waals surface area (Å²) >= 11 is 0. The van der Waals surface area contributed by atoms with Crippen molar-refractivity contribution in [2.45, 2.75) is 51.7 Å². The Morgan fingerprint density at radius 1 is 1.23 bits per heavy atom. The van der Waals surface area contributed by atoms with Gasteiger partial charge in [-0.1, -0.05) is 0 Å². The highest BCUT2D eigenvalue weighted by atomic mass is 16.7. The van der Waals surface area contributed by atoms with Crippen molar-refractivity contribution in [2.75, 3.05) is 37.6 Å². The van der Waals surface area contributed by atoms with Gasteiger partial charge in [0.25, 0.3) is 0 Å². The molecule has 1 aromatic heterocycles. The molecule has 3 rings (SSSR count). The van der Waals surface area contributed by atoms with Gasteiger partial charge in [0.2, 0.25) is 5.95 Å². The molecule has 144 valence electrons. The molecule has 1 aromatic rings. The van der Waals surface area contributed by atoms with Gasteiger partial charge >= 0.3 is 7.12 Å². The smallest absolute Gasteiger partial charge is 0.399 e. The third-order valence-corrected chi connectivity index (χ3v) is 5.74. The average molecular weight is 361 g/mol. The molecule has 8 heteroatoms. The van der Waals surface area contributed by atoms with E-state index in [4.69, 9.17) is 15.0 Å². The van der Waals surface area contributed by atoms with Crippen LogP contribution in [0.5, 0.6) is 0 Å². The molecule has 1 atom stereocenters. The third-order valence-electron chi connectivity index (χ3n) is 5.74. The average Bonchev–Trinajstić information content (AvgIpc) is 2.83. The fourth-order valence-electron chi connectivity index (χ4n) is 3.42. The number of nitrogens with one attached hydrogen (secondary N) is 1. The fraction of sp³-hybridized carbons (Fsp3) is 0.778. The zero-order chi connectivity index (χ0) is 18.8. The SMILES string of the molecule is CC1(C)OB(c2cnc(N3CCCC(CNCCN)C3)nc2)OC1(C)C. The molecule has 26 heavy (non-hydrogen) atoms. The number of nitrogens with zero attached hydrogens (tertiary/aromatic N) is 3. The molecule has 2 aliphatic rings. The molecule has 0 saturated carbocycles. The summed E-state index contributed by atoms with van der Waals surface area (Å²) in [6.45, 7) is 12.7. The molecule has 0 aliphatic carbocycles. The Morgan fingerprint density at radius 3 is 2.50 bits per heavy atom. The largest absolute Gasteiger partial charge is 0.498 e. The van der Waals surface area contributed by atoms with Gasteiger partial charge in [-0.25, -0.2) is 9.97 Å². The summed E-state index contributed by atoms with van der Waals surface area (Å²) < 4.78 is 12.1. The van der Waals surface area contributed by atoms with Gasteiger partial charge in [0, 0.05) is 44.0 Å². The van der Waals surface area contributed by atoms with E-state index in [9.17, 15) is 0 Å². The van der Waals surface area contributed by atoms with Crippen LogP contribution in [0.15, 0.2) is 12.4 Å². The Balaban J connectivity index is 1.61. The van der Waals surface area contributed by atoms with Gasteiger partial charge < -0.3 is 25.3 Å². The predicted octanol–water partition coefficient (Wildman–Crippen LogP) is 0.541. The van der Waals surface area contributed by atoms with E-state index in [0.29, 0.717) is 12.5 Å². The second kappa shape index (κ2) is 7.80. The minimum atomic E-state index is -0.413. The molecule has 3 N–H and O–H groups in total. The van der Waals surface area contributed by atoms with Crippen molar-refractivity contribution >= 4 is 18.5 Å². The highest BCUT2D eigenvalue weighted by Crippen LogP contribution is 2.36. The van der Waals surface area contributed by atoms with E-state index in [-0.39, 0.29) is 11.2 Å². The molecule has 0 amide bonds. The zero-order valence-electron chi connectivity index (χ0n) is 16.5. The van der Waals surface area contributed by atoms with Gasteiger partial charge in [-0.15, -0.1) is 0 Å². The molecule has 0 radical (unpaired) electrons. The minimum absolute atomic E-state index is 0.354. The maximum Gasteiger partial charge on any atom is 0.498 e. The lowest BCUT2D eigenvalue weighted by Crippen LogP contribution is -2.42. The van der Waals surface area contributed by atoms with E-state index in [1.165, 1.54) is 6.42 Å². The van der Waals surface area contributed by atoms with Crippen molar-refractivity contribution in [3.05, 3.63) is 12.4 Å². The van der Waals surface area contributed by atoms with Crippen LogP contribution in [-0.4, -0.2) is 61.0 Å². The van der Waals surface area contributed by atoms with Crippen LogP contribution in [0.1, 0.15) is 40.5 Å². The van der Waals surface area contributed by atoms with Crippen LogP contribution in [-0.2, 0) is 9.31 Å². The highest BCUT2D eigenvalue weighted by molar-refractivity contribution is 6.61. The third kappa shape index (κ3) is 4.19. The summed E-state index contributed by atoms with van der Waals surface area (Å²) in [5, 5.41) is 3.41. The van der Waals surface area contributed by atoms with Crippen molar-refractivity contribution in [1.82, 2.24) is 15.3 Å². The van der Waals surface area contributed by atoms with Crippen LogP contribution in [0.3, 0.4) is 0 Å². The van der Waals surface area contributed by atoms with Crippen LogP contribution in [0.25, 0.3) is 0 Å². The van der Waals surface area contributed by atoms with Gasteiger partial charge in [-0.05, 0) is 53.0 Å². The van der Waals surface area contributed by atoms with Crippen molar-refractivity contribution in [3.63, 3.8) is 0 Å². The number of aromatic nitrogens is 2. The van der Waals surface area contributed by atoms with E-state index in [0.717, 1.165) is 44.0 Å². The second-order valence-corrected chi connectivity index (χ2v) is 8.35. The Labute approximate surface area is 157 Å². The number of piperidine rings is 1. The van der Waals surface area contributed by atoms with Gasteiger partial charge in [0.05, 0.1) is 11.2 Å². The van der Waals surface area contributed by atoms with Crippen LogP contribution < -0.4 is 21.4 Å². The number of nitrogens with two attached hydrogens (primary N) is 1. The summed E-state index contributed by atoms with van der Waals surface area (Å²) in [4.78, 5) is 11.4. The summed E-state index contributed by atoms with van der Waals surface area (Å²) in [7, 11) is -0.413. The monoisotopic (exact) mass is 361 g/mol. The van der Waals surface area contributed by atoms with E-state index in [1.54, 1.807) is 0 Å². The van der Waals surface area contributed by atoms with Crippen LogP contribution in [0.4, 0.5) is 5.95 Å². The first-order valence-electron chi connectivity index (χ1n) is 9.66. The number of hydrogen-bond acceptors (Lipinski definition) is 7. The minimum Gasteiger partial charge on any atom is -0.399 e. The topological polar surface area (TPSA) is 85.5 Å². The molecule has 1 unspecified atom stereocenters. The first-order chi connectivity index (χ1) is 12.3. The summed E-state index contributed by atoms with van der Waals surface area (Å²) in [6.07, 6.45) is 6.07. The molecule has 3 heterocycles. The van der Waals surface area contributed by atoms with Crippen molar-refractivity contribution in [1.29, 1.82) is 0 Å². The summed E-state index contributed by atoms with van der Waals surface area (Å²) in [5.41, 5.74) is 5.71. The molecule has 0 bridgehead atoms. The van der Waals surface area contributed by atoms with E-state index in [1.807, 2.05) is 12.4 Å². The molecule has 0 spiro atoms. The normalized spacial score (nSPS) is 24.9. The maximum absolute atomic E-state index is 6.07. The van der Waals surface area contributed by atoms with Crippen molar-refractivity contribution < 1.29 is 9.31 Å². The lowest BCUT2D eigenvalue weighted by molar-refractivity contribution is 0.00578.